The predicted molar refractivity (Wildman–Crippen MR) is 147 cm³/mol. The van der Waals surface area contributed by atoms with E-state index >= 15 is 0 Å². The zero-order valence-corrected chi connectivity index (χ0v) is 23.4. The van der Waals surface area contributed by atoms with Gasteiger partial charge in [-0.25, -0.2) is 4.79 Å². The van der Waals surface area contributed by atoms with Gasteiger partial charge in [0.25, 0.3) is 0 Å². The lowest BCUT2D eigenvalue weighted by Crippen LogP contribution is -2.57. The van der Waals surface area contributed by atoms with Crippen molar-refractivity contribution >= 4 is 14.3 Å². The number of carbonyl (C=O) groups is 1. The molecule has 0 unspecified atom stereocenters. The first-order chi connectivity index (χ1) is 16.3. The highest BCUT2D eigenvalue weighted by Crippen LogP contribution is 2.39. The van der Waals surface area contributed by atoms with Gasteiger partial charge in [-0.2, -0.15) is 0 Å². The lowest BCUT2D eigenvalue weighted by molar-refractivity contribution is 0.0306. The van der Waals surface area contributed by atoms with Gasteiger partial charge >= 0.3 is 5.97 Å². The summed E-state index contributed by atoms with van der Waals surface area (Å²) < 4.78 is 6.65. The van der Waals surface area contributed by atoms with E-state index in [-0.39, 0.29) is 11.1 Å². The quantitative estimate of drug-likeness (QED) is 0.338. The van der Waals surface area contributed by atoms with Crippen LogP contribution < -0.4 is 4.43 Å². The van der Waals surface area contributed by atoms with Gasteiger partial charge in [-0.05, 0) is 67.4 Å². The summed E-state index contributed by atoms with van der Waals surface area (Å²) in [6, 6.07) is 16.5. The Bertz CT molecular complexity index is 1030. The lowest BCUT2D eigenvalue weighted by atomic mass is 9.93. The minimum atomic E-state index is -1.98. The van der Waals surface area contributed by atoms with Crippen LogP contribution in [0.1, 0.15) is 62.1 Å². The number of hydrogen-bond donors (Lipinski definition) is 1. The topological polar surface area (TPSA) is 53.0 Å². The molecule has 0 radical (unpaired) electrons. The summed E-state index contributed by atoms with van der Waals surface area (Å²) in [6.07, 6.45) is 1.97. The molecule has 1 saturated heterocycles. The third-order valence-corrected chi connectivity index (χ3v) is 12.0. The number of carboxylic acids is 1. The largest absolute Gasteiger partial charge is 0.543 e. The van der Waals surface area contributed by atoms with Gasteiger partial charge in [-0.3, -0.25) is 9.80 Å². The average Bonchev–Trinajstić information content (AvgIpc) is 2.77. The number of benzene rings is 2. The molecule has 2 aromatic rings. The van der Waals surface area contributed by atoms with Gasteiger partial charge in [0.15, 0.2) is 0 Å². The number of piperazine rings is 1. The van der Waals surface area contributed by atoms with Crippen molar-refractivity contribution in [2.75, 3.05) is 19.6 Å². The van der Waals surface area contributed by atoms with Crippen LogP contribution in [0.5, 0.6) is 5.75 Å². The monoisotopic (exact) mass is 494 g/mol. The molecule has 0 aliphatic carbocycles. The minimum absolute atomic E-state index is 0.00383. The Morgan fingerprint density at radius 3 is 2.34 bits per heavy atom. The van der Waals surface area contributed by atoms with Crippen LogP contribution in [0.25, 0.3) is 0 Å². The highest BCUT2D eigenvalue weighted by atomic mass is 28.4. The van der Waals surface area contributed by atoms with Crippen molar-refractivity contribution in [2.45, 2.75) is 70.9 Å². The Kier molecular flexibility index (Phi) is 8.30. The fraction of sp³-hybridized carbons (Fsp3) is 0.483. The SMILES string of the molecule is C=CCN1C[C@@H](C)N([C@H](c2ccc(C(=O)O)cc2)c2cccc(O[Si](C)(C)C(C)(C)C)c2)C[C@@H]1C. The van der Waals surface area contributed by atoms with E-state index in [0.29, 0.717) is 17.6 Å². The van der Waals surface area contributed by atoms with Crippen LogP contribution >= 0.6 is 0 Å². The van der Waals surface area contributed by atoms with E-state index in [1.807, 2.05) is 18.2 Å². The molecule has 35 heavy (non-hydrogen) atoms. The van der Waals surface area contributed by atoms with Crippen LogP contribution in [0.2, 0.25) is 18.1 Å². The Labute approximate surface area is 212 Å². The molecule has 6 heteroatoms. The Morgan fingerprint density at radius 2 is 1.77 bits per heavy atom. The molecule has 3 rings (SSSR count). The number of hydrogen-bond acceptors (Lipinski definition) is 4. The summed E-state index contributed by atoms with van der Waals surface area (Å²) >= 11 is 0. The highest BCUT2D eigenvalue weighted by Gasteiger charge is 2.39. The normalized spacial score (nSPS) is 20.9. The van der Waals surface area contributed by atoms with Crippen LogP contribution in [0.15, 0.2) is 61.2 Å². The van der Waals surface area contributed by atoms with Gasteiger partial charge in [0.2, 0.25) is 8.32 Å². The molecule has 3 atom stereocenters. The van der Waals surface area contributed by atoms with Crippen molar-refractivity contribution in [3.05, 3.63) is 77.9 Å². The van der Waals surface area contributed by atoms with Gasteiger partial charge in [-0.15, -0.1) is 6.58 Å². The summed E-state index contributed by atoms with van der Waals surface area (Å²) in [5.74, 6) is 0.00476. The zero-order chi connectivity index (χ0) is 26.0. The van der Waals surface area contributed by atoms with E-state index in [4.69, 9.17) is 4.43 Å². The number of carboxylic acid groups (broad SMARTS) is 1. The third-order valence-electron chi connectivity index (χ3n) is 7.68. The molecule has 1 aliphatic heterocycles. The molecule has 1 heterocycles. The standard InChI is InChI=1S/C29H42N2O3Si/c1-9-17-30-19-22(3)31(20-21(30)2)27(23-13-15-24(16-14-23)28(32)33)25-11-10-12-26(18-25)34-35(7,8)29(4,5)6/h9-16,18,21-22,27H,1,17,19-20H2,2-8H3,(H,32,33)/t21-,22+,27+/m0/s1. The Balaban J connectivity index is 2.02. The molecule has 5 nitrogen and oxygen atoms in total. The second kappa shape index (κ2) is 10.7. The fourth-order valence-corrected chi connectivity index (χ4v) is 5.61. The molecule has 0 aromatic heterocycles. The van der Waals surface area contributed by atoms with Crippen molar-refractivity contribution in [3.8, 4) is 5.75 Å². The predicted octanol–water partition coefficient (Wildman–Crippen LogP) is 6.44. The molecule has 0 bridgehead atoms. The van der Waals surface area contributed by atoms with Crippen molar-refractivity contribution in [3.63, 3.8) is 0 Å². The maximum atomic E-state index is 11.5. The molecular formula is C29H42N2O3Si. The van der Waals surface area contributed by atoms with Crippen LogP contribution in [0, 0.1) is 0 Å². The molecule has 0 spiro atoms. The molecule has 0 amide bonds. The Hall–Kier alpha value is -2.41. The number of aromatic carboxylic acids is 1. The lowest BCUT2D eigenvalue weighted by Gasteiger charge is -2.47. The van der Waals surface area contributed by atoms with Crippen molar-refractivity contribution in [2.24, 2.45) is 0 Å². The molecule has 0 saturated carbocycles. The van der Waals surface area contributed by atoms with Gasteiger partial charge in [0, 0.05) is 31.7 Å². The summed E-state index contributed by atoms with van der Waals surface area (Å²) in [6.45, 7) is 22.5. The first-order valence-electron chi connectivity index (χ1n) is 12.6. The molecule has 1 N–H and O–H groups in total. The minimum Gasteiger partial charge on any atom is -0.543 e. The summed E-state index contributed by atoms with van der Waals surface area (Å²) in [4.78, 5) is 16.5. The molecule has 1 aliphatic rings. The third kappa shape index (κ3) is 6.24. The molecule has 190 valence electrons. The molecular weight excluding hydrogens is 452 g/mol. The second-order valence-electron chi connectivity index (χ2n) is 11.4. The van der Waals surface area contributed by atoms with Crippen LogP contribution in [-0.2, 0) is 0 Å². The summed E-state index contributed by atoms with van der Waals surface area (Å²) in [5, 5.41) is 9.52. The fourth-order valence-electron chi connectivity index (χ4n) is 4.58. The van der Waals surface area contributed by atoms with E-state index in [9.17, 15) is 9.90 Å². The van der Waals surface area contributed by atoms with Gasteiger partial charge in [-0.1, -0.05) is 51.1 Å². The maximum Gasteiger partial charge on any atom is 0.335 e. The second-order valence-corrected chi connectivity index (χ2v) is 16.1. The van der Waals surface area contributed by atoms with Crippen LogP contribution in [0.4, 0.5) is 0 Å². The van der Waals surface area contributed by atoms with Crippen LogP contribution in [-0.4, -0.2) is 60.9 Å². The smallest absolute Gasteiger partial charge is 0.335 e. The van der Waals surface area contributed by atoms with Crippen molar-refractivity contribution < 1.29 is 14.3 Å². The van der Waals surface area contributed by atoms with Crippen LogP contribution in [0.3, 0.4) is 0 Å². The van der Waals surface area contributed by atoms with Gasteiger partial charge in [0.05, 0.1) is 11.6 Å². The Morgan fingerprint density at radius 1 is 1.11 bits per heavy atom. The number of rotatable bonds is 8. The maximum absolute atomic E-state index is 11.5. The van der Waals surface area contributed by atoms with E-state index in [0.717, 1.165) is 30.9 Å². The van der Waals surface area contributed by atoms with E-state index in [2.05, 4.69) is 88.4 Å². The summed E-state index contributed by atoms with van der Waals surface area (Å²) in [5.41, 5.74) is 2.57. The number of nitrogens with zero attached hydrogens (tertiary/aromatic N) is 2. The van der Waals surface area contributed by atoms with Gasteiger partial charge in [0.1, 0.15) is 5.75 Å². The van der Waals surface area contributed by atoms with E-state index in [1.54, 1.807) is 12.1 Å². The summed E-state index contributed by atoms with van der Waals surface area (Å²) in [7, 11) is -1.98. The molecule has 1 fully saturated rings. The van der Waals surface area contributed by atoms with E-state index in [1.165, 1.54) is 5.56 Å². The van der Waals surface area contributed by atoms with Crippen molar-refractivity contribution in [1.82, 2.24) is 9.80 Å². The van der Waals surface area contributed by atoms with Gasteiger partial charge < -0.3 is 9.53 Å². The average molecular weight is 495 g/mol. The first-order valence-corrected chi connectivity index (χ1v) is 15.5. The zero-order valence-electron chi connectivity index (χ0n) is 22.4. The van der Waals surface area contributed by atoms with E-state index < -0.39 is 14.3 Å². The first kappa shape index (κ1) is 27.2. The van der Waals surface area contributed by atoms with Crippen molar-refractivity contribution in [1.29, 1.82) is 0 Å². The highest BCUT2D eigenvalue weighted by molar-refractivity contribution is 6.74. The molecule has 2 aromatic carbocycles.